The molecule has 0 saturated carbocycles. The molecule has 0 spiro atoms. The number of ether oxygens (including phenoxy) is 1. The Bertz CT molecular complexity index is 889. The topological polar surface area (TPSA) is 95.9 Å². The molecule has 0 rings (SSSR count). The van der Waals surface area contributed by atoms with Crippen LogP contribution in [-0.2, 0) is 14.3 Å². The van der Waals surface area contributed by atoms with Gasteiger partial charge in [0.15, 0.2) is 0 Å². The van der Waals surface area contributed by atoms with Crippen LogP contribution in [-0.4, -0.2) is 47.4 Å². The lowest BCUT2D eigenvalue weighted by molar-refractivity contribution is -0.143. The van der Waals surface area contributed by atoms with E-state index >= 15 is 0 Å². The summed E-state index contributed by atoms with van der Waals surface area (Å²) >= 11 is 0. The highest BCUT2D eigenvalue weighted by Crippen LogP contribution is 2.16. The Kier molecular flexibility index (Phi) is 45.7. The minimum Gasteiger partial charge on any atom is -0.466 e. The van der Waals surface area contributed by atoms with Gasteiger partial charge in [0.2, 0.25) is 5.91 Å². The molecule has 0 fully saturated rings. The number of carbonyl (C=O) groups excluding carboxylic acids is 2. The van der Waals surface area contributed by atoms with E-state index in [4.69, 9.17) is 4.74 Å². The predicted octanol–water partition coefficient (Wildman–Crippen LogP) is 14.7. The Hall–Kier alpha value is -1.66. The van der Waals surface area contributed by atoms with E-state index in [-0.39, 0.29) is 18.5 Å². The van der Waals surface area contributed by atoms with Crippen molar-refractivity contribution in [1.82, 2.24) is 5.32 Å². The second-order valence-electron chi connectivity index (χ2n) is 17.1. The first-order chi connectivity index (χ1) is 28.0. The zero-order valence-electron chi connectivity index (χ0n) is 38.1. The van der Waals surface area contributed by atoms with Gasteiger partial charge in [0.05, 0.1) is 25.4 Å². The number of amides is 1. The Labute approximate surface area is 354 Å². The summed E-state index contributed by atoms with van der Waals surface area (Å²) in [6.45, 7) is 4.88. The van der Waals surface area contributed by atoms with E-state index in [0.717, 1.165) is 64.2 Å². The van der Waals surface area contributed by atoms with E-state index in [1.165, 1.54) is 167 Å². The van der Waals surface area contributed by atoms with Crippen LogP contribution in [0, 0.1) is 0 Å². The number of hydrogen-bond acceptors (Lipinski definition) is 5. The lowest BCUT2D eigenvalue weighted by Crippen LogP contribution is -2.45. The fourth-order valence-corrected chi connectivity index (χ4v) is 7.55. The Morgan fingerprint density at radius 2 is 0.842 bits per heavy atom. The molecule has 6 nitrogen and oxygen atoms in total. The van der Waals surface area contributed by atoms with Crippen LogP contribution in [0.25, 0.3) is 0 Å². The molecule has 336 valence electrons. The van der Waals surface area contributed by atoms with Gasteiger partial charge in [0, 0.05) is 12.8 Å². The standard InChI is InChI=1S/C51H97NO5/c1-3-5-7-9-11-13-15-20-24-27-31-35-39-43-49(54)48(47-53)52-50(55)44-40-36-32-28-25-21-18-16-17-19-22-26-30-34-38-42-46-57-51(56)45-41-37-33-29-23-14-12-10-8-6-4-2/h10,12,16,18,48-49,53-54H,3-9,11,13-15,17,19-47H2,1-2H3,(H,52,55)/b12-10-,18-16-. The van der Waals surface area contributed by atoms with Crippen LogP contribution in [0.3, 0.4) is 0 Å². The molecule has 0 aliphatic rings. The highest BCUT2D eigenvalue weighted by molar-refractivity contribution is 5.76. The fraction of sp³-hybridized carbons (Fsp3) is 0.882. The van der Waals surface area contributed by atoms with Gasteiger partial charge in [-0.3, -0.25) is 9.59 Å². The van der Waals surface area contributed by atoms with Crippen molar-refractivity contribution in [2.24, 2.45) is 0 Å². The summed E-state index contributed by atoms with van der Waals surface area (Å²) in [6.07, 6.45) is 54.3. The Morgan fingerprint density at radius 1 is 0.474 bits per heavy atom. The summed E-state index contributed by atoms with van der Waals surface area (Å²) in [6, 6.07) is -0.552. The first-order valence-corrected chi connectivity index (χ1v) is 25.1. The smallest absolute Gasteiger partial charge is 0.305 e. The largest absolute Gasteiger partial charge is 0.466 e. The number of aliphatic hydroxyl groups excluding tert-OH is 2. The third kappa shape index (κ3) is 43.7. The van der Waals surface area contributed by atoms with E-state index in [1.54, 1.807) is 0 Å². The predicted molar refractivity (Wildman–Crippen MR) is 246 cm³/mol. The number of aliphatic hydroxyl groups is 2. The van der Waals surface area contributed by atoms with Gasteiger partial charge in [0.25, 0.3) is 0 Å². The summed E-state index contributed by atoms with van der Waals surface area (Å²) in [4.78, 5) is 24.4. The second kappa shape index (κ2) is 47.0. The maximum Gasteiger partial charge on any atom is 0.305 e. The van der Waals surface area contributed by atoms with Crippen LogP contribution in [0.2, 0.25) is 0 Å². The van der Waals surface area contributed by atoms with Crippen LogP contribution < -0.4 is 5.32 Å². The molecule has 0 saturated heterocycles. The van der Waals surface area contributed by atoms with Gasteiger partial charge < -0.3 is 20.3 Å². The summed E-state index contributed by atoms with van der Waals surface area (Å²) in [7, 11) is 0. The summed E-state index contributed by atoms with van der Waals surface area (Å²) in [5, 5.41) is 23.2. The number of rotatable bonds is 46. The van der Waals surface area contributed by atoms with Gasteiger partial charge in [-0.15, -0.1) is 0 Å². The monoisotopic (exact) mass is 804 g/mol. The molecule has 0 aliphatic heterocycles. The molecule has 0 aromatic carbocycles. The SMILES string of the molecule is CCCC/C=C\CCCCCCCC(=O)OCCCCCCCCC/C=C\CCCCCCCC(=O)NC(CO)C(O)CCCCCCCCCCCCCCC. The van der Waals surface area contributed by atoms with Crippen molar-refractivity contribution in [2.45, 2.75) is 276 Å². The number of carbonyl (C=O) groups is 2. The molecule has 0 aromatic heterocycles. The van der Waals surface area contributed by atoms with E-state index < -0.39 is 12.1 Å². The molecule has 0 aromatic rings. The lowest BCUT2D eigenvalue weighted by atomic mass is 10.0. The summed E-state index contributed by atoms with van der Waals surface area (Å²) in [5.41, 5.74) is 0. The van der Waals surface area contributed by atoms with Crippen molar-refractivity contribution < 1.29 is 24.5 Å². The van der Waals surface area contributed by atoms with E-state index in [0.29, 0.717) is 25.9 Å². The first-order valence-electron chi connectivity index (χ1n) is 25.1. The molecule has 2 atom stereocenters. The van der Waals surface area contributed by atoms with E-state index in [2.05, 4.69) is 43.5 Å². The van der Waals surface area contributed by atoms with Crippen LogP contribution in [0.1, 0.15) is 264 Å². The van der Waals surface area contributed by atoms with Crippen molar-refractivity contribution in [3.05, 3.63) is 24.3 Å². The third-order valence-electron chi connectivity index (χ3n) is 11.5. The van der Waals surface area contributed by atoms with Crippen molar-refractivity contribution in [1.29, 1.82) is 0 Å². The minimum absolute atomic E-state index is 0.0143. The Morgan fingerprint density at radius 3 is 1.30 bits per heavy atom. The number of esters is 1. The van der Waals surface area contributed by atoms with Crippen molar-refractivity contribution in [2.75, 3.05) is 13.2 Å². The zero-order valence-corrected chi connectivity index (χ0v) is 38.1. The molecule has 3 N–H and O–H groups in total. The van der Waals surface area contributed by atoms with Gasteiger partial charge in [-0.25, -0.2) is 0 Å². The first kappa shape index (κ1) is 55.3. The lowest BCUT2D eigenvalue weighted by Gasteiger charge is -2.22. The highest BCUT2D eigenvalue weighted by Gasteiger charge is 2.20. The maximum atomic E-state index is 12.4. The van der Waals surface area contributed by atoms with Crippen LogP contribution in [0.4, 0.5) is 0 Å². The minimum atomic E-state index is -0.673. The molecular weight excluding hydrogens is 707 g/mol. The van der Waals surface area contributed by atoms with Crippen LogP contribution in [0.15, 0.2) is 24.3 Å². The molecule has 0 radical (unpaired) electrons. The van der Waals surface area contributed by atoms with Crippen LogP contribution >= 0.6 is 0 Å². The van der Waals surface area contributed by atoms with Gasteiger partial charge in [0.1, 0.15) is 0 Å². The van der Waals surface area contributed by atoms with Crippen molar-refractivity contribution in [3.8, 4) is 0 Å². The quantitative estimate of drug-likeness (QED) is 0.0324. The molecule has 2 unspecified atom stereocenters. The number of unbranched alkanes of at least 4 members (excludes halogenated alkanes) is 31. The Balaban J connectivity index is 3.48. The van der Waals surface area contributed by atoms with Crippen molar-refractivity contribution >= 4 is 11.9 Å². The number of allylic oxidation sites excluding steroid dienone is 4. The third-order valence-corrected chi connectivity index (χ3v) is 11.5. The summed E-state index contributed by atoms with van der Waals surface area (Å²) in [5.74, 6) is -0.0672. The molecule has 57 heavy (non-hydrogen) atoms. The summed E-state index contributed by atoms with van der Waals surface area (Å²) < 4.78 is 5.43. The molecule has 0 aliphatic carbocycles. The highest BCUT2D eigenvalue weighted by atomic mass is 16.5. The normalized spacial score (nSPS) is 12.8. The zero-order chi connectivity index (χ0) is 41.5. The maximum absolute atomic E-state index is 12.4. The van der Waals surface area contributed by atoms with E-state index in [1.807, 2.05) is 0 Å². The molecular formula is C51H97NO5. The average molecular weight is 804 g/mol. The number of hydrogen-bond donors (Lipinski definition) is 3. The number of nitrogens with one attached hydrogen (secondary N) is 1. The average Bonchev–Trinajstić information content (AvgIpc) is 3.21. The fourth-order valence-electron chi connectivity index (χ4n) is 7.55. The second-order valence-corrected chi connectivity index (χ2v) is 17.1. The van der Waals surface area contributed by atoms with Gasteiger partial charge in [-0.1, -0.05) is 205 Å². The molecule has 0 heterocycles. The van der Waals surface area contributed by atoms with Crippen molar-refractivity contribution in [3.63, 3.8) is 0 Å². The van der Waals surface area contributed by atoms with Crippen LogP contribution in [0.5, 0.6) is 0 Å². The van der Waals surface area contributed by atoms with Gasteiger partial charge in [-0.05, 0) is 70.6 Å². The van der Waals surface area contributed by atoms with E-state index in [9.17, 15) is 19.8 Å². The molecule has 1 amide bonds. The molecule has 0 bridgehead atoms. The molecule has 6 heteroatoms. The van der Waals surface area contributed by atoms with Gasteiger partial charge in [-0.2, -0.15) is 0 Å². The van der Waals surface area contributed by atoms with Gasteiger partial charge >= 0.3 is 5.97 Å².